The van der Waals surface area contributed by atoms with Crippen LogP contribution in [-0.2, 0) is 19.1 Å². The number of carbonyl (C=O) groups is 3. The van der Waals surface area contributed by atoms with Gasteiger partial charge in [-0.1, -0.05) is 119 Å². The van der Waals surface area contributed by atoms with Crippen molar-refractivity contribution in [3.8, 4) is 73.8 Å². The van der Waals surface area contributed by atoms with Crippen molar-refractivity contribution >= 4 is 68.3 Å². The minimum Gasteiger partial charge on any atom is -0.482 e. The maximum Gasteiger partial charge on any atom is 0.246 e. The number of ether oxygens (including phenoxy) is 5. The number of nitrogen functional groups attached to an aromatic ring is 3. The number of aromatic nitrogens is 9. The minimum absolute atomic E-state index is 0. The van der Waals surface area contributed by atoms with Gasteiger partial charge >= 0.3 is 0 Å². The first-order valence-corrected chi connectivity index (χ1v) is 43.8. The van der Waals surface area contributed by atoms with Crippen molar-refractivity contribution in [1.82, 2.24) is 73.0 Å². The molecule has 4 saturated heterocycles. The van der Waals surface area contributed by atoms with E-state index in [0.29, 0.717) is 109 Å². The number of likely N-dealkylation sites (tertiary alicyclic amines) is 3. The predicted octanol–water partition coefficient (Wildman–Crippen LogP) is 18.1. The van der Waals surface area contributed by atoms with Gasteiger partial charge < -0.3 is 64.7 Å². The SMILES string of the molecule is C.C.C.CN(C/C=C/C(=O)N1CC[C@@H](n2c(C3CC3)c(-c3ccc(Oc4ccccc4)cc3)c3c(N)ncnc32)C1)C1CC1.CN(C/C=C/C(=O)N1CC[C@@H](n2c(C3CC3)c(-c3ccc(Oc4ccccc4)cc3)c3c(N)ncnc32)C1)[C@H]1CCOC1.COc1c(-c2ccc(Oc3cccc(F)c3)cc2)c2c(N)ncnc2n1[C@@H]1CCN(C(=O)/C=C/CN(C)C2CC2)C1. The van der Waals surface area contributed by atoms with E-state index in [1.807, 2.05) is 147 Å². The molecule has 128 heavy (non-hydrogen) atoms. The molecule has 6 aromatic heterocycles. The Bertz CT molecular complexity index is 5960. The number of carbonyl (C=O) groups excluding carboxylic acids is 3. The Hall–Kier alpha value is -12.8. The van der Waals surface area contributed by atoms with Gasteiger partial charge in [-0.25, -0.2) is 34.3 Å². The average Bonchev–Trinajstić information content (AvgIpc) is 1.59. The van der Waals surface area contributed by atoms with Gasteiger partial charge in [0.05, 0.1) is 53.6 Å². The van der Waals surface area contributed by atoms with E-state index >= 15 is 0 Å². The Labute approximate surface area is 748 Å². The van der Waals surface area contributed by atoms with E-state index in [9.17, 15) is 18.8 Å². The highest BCUT2D eigenvalue weighted by molar-refractivity contribution is 6.06. The Morgan fingerprint density at radius 3 is 1.14 bits per heavy atom. The summed E-state index contributed by atoms with van der Waals surface area (Å²) in [6.07, 6.45) is 28.8. The number of rotatable bonds is 27. The van der Waals surface area contributed by atoms with Gasteiger partial charge in [-0.2, -0.15) is 0 Å². The molecule has 6 aromatic carbocycles. The van der Waals surface area contributed by atoms with E-state index in [-0.39, 0.29) is 63.9 Å². The predicted molar refractivity (Wildman–Crippen MR) is 504 cm³/mol. The van der Waals surface area contributed by atoms with E-state index < -0.39 is 0 Å². The Balaban J connectivity index is 0.000000146. The maximum atomic E-state index is 13.6. The van der Waals surface area contributed by atoms with E-state index in [2.05, 4.69) is 89.2 Å². The minimum atomic E-state index is -0.364. The van der Waals surface area contributed by atoms with Crippen molar-refractivity contribution in [2.45, 2.75) is 147 Å². The van der Waals surface area contributed by atoms with Crippen LogP contribution in [0.25, 0.3) is 66.5 Å². The lowest BCUT2D eigenvalue weighted by Gasteiger charge is -2.21. The van der Waals surface area contributed by atoms with Crippen molar-refractivity contribution in [2.24, 2.45) is 0 Å². The van der Waals surface area contributed by atoms with Gasteiger partial charge in [0.2, 0.25) is 23.6 Å². The van der Waals surface area contributed by atoms with Gasteiger partial charge in [-0.15, -0.1) is 0 Å². The topological polar surface area (TPSA) is 287 Å². The smallest absolute Gasteiger partial charge is 0.246 e. The largest absolute Gasteiger partial charge is 0.482 e. The molecular formula is C101H119FN18O8. The molecule has 12 aromatic rings. The number of methoxy groups -OCH3 is 1. The molecule has 0 unspecified atom stereocenters. The molecule has 0 radical (unpaired) electrons. The molecule has 0 spiro atoms. The van der Waals surface area contributed by atoms with Gasteiger partial charge in [0.15, 0.2) is 0 Å². The Morgan fingerprint density at radius 1 is 0.422 bits per heavy atom. The third kappa shape index (κ3) is 20.0. The zero-order valence-electron chi connectivity index (χ0n) is 71.2. The molecular weight excluding hydrogens is 1610 g/mol. The number of anilines is 3. The molecule has 6 N–H and O–H groups in total. The summed E-state index contributed by atoms with van der Waals surface area (Å²) in [6, 6.07) is 51.4. The Morgan fingerprint density at radius 2 is 0.773 bits per heavy atom. The number of nitrogens with zero attached hydrogens (tertiary/aromatic N) is 15. The lowest BCUT2D eigenvalue weighted by Crippen LogP contribution is -2.32. The van der Waals surface area contributed by atoms with Gasteiger partial charge in [0.25, 0.3) is 0 Å². The van der Waals surface area contributed by atoms with Gasteiger partial charge in [-0.3, -0.25) is 33.7 Å². The van der Waals surface area contributed by atoms with Crippen molar-refractivity contribution in [3.05, 3.63) is 230 Å². The highest BCUT2D eigenvalue weighted by Crippen LogP contribution is 2.54. The number of nitrogens with two attached hydrogens (primary N) is 3. The molecule has 4 aliphatic heterocycles. The molecule has 27 heteroatoms. The highest BCUT2D eigenvalue weighted by atomic mass is 19.1. The summed E-state index contributed by atoms with van der Waals surface area (Å²) in [5, 5.41) is 2.49. The van der Waals surface area contributed by atoms with Crippen LogP contribution in [0, 0.1) is 5.82 Å². The molecule has 10 heterocycles. The first kappa shape index (κ1) is 90.0. The molecule has 4 atom stereocenters. The fraction of sp³-hybridized carbons (Fsp3) is 0.376. The van der Waals surface area contributed by atoms with Crippen molar-refractivity contribution in [1.29, 1.82) is 0 Å². The van der Waals surface area contributed by atoms with Crippen molar-refractivity contribution in [2.75, 3.05) is 118 Å². The van der Waals surface area contributed by atoms with E-state index in [0.717, 1.165) is 169 Å². The first-order chi connectivity index (χ1) is 61.1. The number of benzene rings is 6. The van der Waals surface area contributed by atoms with Crippen LogP contribution in [0.1, 0.15) is 141 Å². The Kier molecular flexibility index (Phi) is 28.1. The standard InChI is InChI=1S/C34H38N6O3.C33H36N6O2.C31H33FN6O3.3CH4/c1-38(26-16-19-42-21-26)17-5-8-29(41)39-18-15-25(20-39)40-32(24-9-10-24)30(31-33(35)36-22-37-34(31)40)23-11-13-28(14-12-23)43-27-6-3-2-4-7-27;1-37(24-13-14-24)18-5-8-28(40)38-19-17-25(20-38)39-31(23-9-10-23)29(30-32(34)35-21-36-33(30)39)22-11-15-27(16-12-22)41-26-6-3-2-4-7-26;1-36(22-10-11-22)15-4-7-26(39)37-16-14-23(18-37)38-30-28(29(33)34-19-35-30)27(31(38)40-2)20-8-12-24(13-9-20)41-25-6-3-5-21(32)17-25;;;/h2-8,11-14,22,24-26H,9-10,15-21H2,1H3,(H2,35,36,37);2-8,11-12,15-16,21,23-25H,9-10,13-14,17-20H2,1H3,(H2,34,35,36);3-9,12-13,17,19,22-23H,10-11,14-16,18H2,1-2H3,(H2,33,34,35);3*1H4/b2*8-5+;7-4+;;;/t25-,26+;25-;23-;;;/m111.../s1. The molecule has 20 rings (SSSR count). The number of halogens is 1. The zero-order chi connectivity index (χ0) is 85.8. The van der Waals surface area contributed by atoms with Gasteiger partial charge in [-0.05, 0) is 200 Å². The average molecular weight is 1730 g/mol. The summed E-state index contributed by atoms with van der Waals surface area (Å²) < 4.78 is 49.8. The molecule has 26 nitrogen and oxygen atoms in total. The number of amides is 3. The summed E-state index contributed by atoms with van der Waals surface area (Å²) in [5.41, 5.74) is 30.4. The highest BCUT2D eigenvalue weighted by Gasteiger charge is 2.42. The van der Waals surface area contributed by atoms with E-state index in [1.165, 1.54) is 55.5 Å². The van der Waals surface area contributed by atoms with Gasteiger partial charge in [0, 0.05) is 130 Å². The van der Waals surface area contributed by atoms with Crippen LogP contribution in [0.15, 0.2) is 213 Å². The molecule has 4 saturated carbocycles. The van der Waals surface area contributed by atoms with Crippen LogP contribution in [0.2, 0.25) is 0 Å². The summed E-state index contributed by atoms with van der Waals surface area (Å²) in [7, 11) is 7.93. The second-order valence-electron chi connectivity index (χ2n) is 34.1. The number of fused-ring (bicyclic) bond motifs is 3. The quantitative estimate of drug-likeness (QED) is 0.0403. The van der Waals surface area contributed by atoms with Crippen molar-refractivity contribution < 1.29 is 42.5 Å². The van der Waals surface area contributed by atoms with Crippen LogP contribution in [0.3, 0.4) is 0 Å². The van der Waals surface area contributed by atoms with Crippen molar-refractivity contribution in [3.63, 3.8) is 0 Å². The first-order valence-electron chi connectivity index (χ1n) is 43.8. The molecule has 3 amide bonds. The van der Waals surface area contributed by atoms with E-state index in [1.54, 1.807) is 50.1 Å². The van der Waals surface area contributed by atoms with Crippen LogP contribution in [-0.4, -0.2) is 209 Å². The van der Waals surface area contributed by atoms with E-state index in [4.69, 9.17) is 50.9 Å². The number of hydrogen-bond donors (Lipinski definition) is 3. The lowest BCUT2D eigenvalue weighted by atomic mass is 10.0. The number of hydrogen-bond acceptors (Lipinski definition) is 20. The zero-order valence-corrected chi connectivity index (χ0v) is 71.2. The summed E-state index contributed by atoms with van der Waals surface area (Å²) in [6.45, 7) is 7.83. The molecule has 8 aliphatic rings. The van der Waals surface area contributed by atoms with Crippen LogP contribution >= 0.6 is 0 Å². The monoisotopic (exact) mass is 1730 g/mol. The van der Waals surface area contributed by atoms with Gasteiger partial charge in [0.1, 0.15) is 93.7 Å². The summed E-state index contributed by atoms with van der Waals surface area (Å²) in [5.74, 6) is 6.73. The number of likely N-dealkylation sites (N-methyl/N-ethyl adjacent to an activating group) is 3. The third-order valence-electron chi connectivity index (χ3n) is 25.4. The van der Waals surface area contributed by atoms with Crippen LogP contribution in [0.4, 0.5) is 21.8 Å². The molecule has 8 fully saturated rings. The second-order valence-corrected chi connectivity index (χ2v) is 34.1. The molecule has 668 valence electrons. The third-order valence-corrected chi connectivity index (χ3v) is 25.4. The number of para-hydroxylation sites is 2. The fourth-order valence-electron chi connectivity index (χ4n) is 18.2. The summed E-state index contributed by atoms with van der Waals surface area (Å²) in [4.78, 5) is 79.1. The summed E-state index contributed by atoms with van der Waals surface area (Å²) >= 11 is 0. The normalized spacial score (nSPS) is 18.5. The molecule has 0 bridgehead atoms. The molecule has 4 aliphatic carbocycles. The van der Waals surface area contributed by atoms with Crippen LogP contribution in [0.5, 0.6) is 40.4 Å². The lowest BCUT2D eigenvalue weighted by molar-refractivity contribution is -0.125. The second kappa shape index (κ2) is 40.0. The van der Waals surface area contributed by atoms with Crippen LogP contribution < -0.4 is 36.1 Å². The fourth-order valence-corrected chi connectivity index (χ4v) is 18.2. The maximum absolute atomic E-state index is 13.6.